The van der Waals surface area contributed by atoms with Crippen LogP contribution in [0.1, 0.15) is 34.3 Å². The highest BCUT2D eigenvalue weighted by molar-refractivity contribution is 5.35. The van der Waals surface area contributed by atoms with Gasteiger partial charge in [-0.05, 0) is 36.6 Å². The second-order valence-corrected chi connectivity index (χ2v) is 5.17. The number of aryl methyl sites for hydroxylation is 2. The second-order valence-electron chi connectivity index (χ2n) is 5.17. The predicted octanol–water partition coefficient (Wildman–Crippen LogP) is 3.22. The molecule has 0 aromatic heterocycles. The third kappa shape index (κ3) is 2.89. The highest BCUT2D eigenvalue weighted by Crippen LogP contribution is 2.33. The van der Waals surface area contributed by atoms with Crippen molar-refractivity contribution >= 4 is 0 Å². The van der Waals surface area contributed by atoms with E-state index in [1.807, 2.05) is 32.0 Å². The van der Waals surface area contributed by atoms with Crippen LogP contribution in [-0.2, 0) is 0 Å². The van der Waals surface area contributed by atoms with Crippen molar-refractivity contribution < 1.29 is 9.50 Å². The first-order valence-electron chi connectivity index (χ1n) is 6.74. The minimum absolute atomic E-state index is 0.190. The number of rotatable bonds is 4. The van der Waals surface area contributed by atoms with Gasteiger partial charge in [0.05, 0.1) is 6.10 Å². The fourth-order valence-electron chi connectivity index (χ4n) is 2.50. The Hall–Kier alpha value is -1.71. The first-order valence-corrected chi connectivity index (χ1v) is 6.74. The summed E-state index contributed by atoms with van der Waals surface area (Å²) < 4.78 is 13.9. The molecule has 2 rings (SSSR count). The van der Waals surface area contributed by atoms with E-state index in [4.69, 9.17) is 5.73 Å². The van der Waals surface area contributed by atoms with Crippen molar-refractivity contribution in [2.45, 2.75) is 25.9 Å². The molecular weight excluding hydrogens is 253 g/mol. The van der Waals surface area contributed by atoms with Crippen molar-refractivity contribution in [2.75, 3.05) is 6.54 Å². The summed E-state index contributed by atoms with van der Waals surface area (Å²) in [6.45, 7) is 4.10. The number of benzene rings is 2. The summed E-state index contributed by atoms with van der Waals surface area (Å²) in [7, 11) is 0. The normalized spacial score (nSPS) is 14.1. The number of nitrogens with two attached hydrogens (primary N) is 1. The van der Waals surface area contributed by atoms with Gasteiger partial charge in [-0.25, -0.2) is 4.39 Å². The number of aliphatic hydroxyl groups excluding tert-OH is 1. The first-order chi connectivity index (χ1) is 9.54. The van der Waals surface area contributed by atoms with Crippen LogP contribution in [0.5, 0.6) is 0 Å². The van der Waals surface area contributed by atoms with E-state index >= 15 is 0 Å². The Morgan fingerprint density at radius 3 is 2.45 bits per heavy atom. The molecule has 0 saturated heterocycles. The summed E-state index contributed by atoms with van der Waals surface area (Å²) in [4.78, 5) is 0. The van der Waals surface area contributed by atoms with Crippen molar-refractivity contribution in [1.82, 2.24) is 0 Å². The van der Waals surface area contributed by atoms with E-state index in [-0.39, 0.29) is 12.4 Å². The average molecular weight is 273 g/mol. The van der Waals surface area contributed by atoms with E-state index in [2.05, 4.69) is 0 Å². The summed E-state index contributed by atoms with van der Waals surface area (Å²) in [6.07, 6.45) is -0.809. The third-order valence-electron chi connectivity index (χ3n) is 3.69. The predicted molar refractivity (Wildman–Crippen MR) is 79.1 cm³/mol. The Morgan fingerprint density at radius 2 is 1.80 bits per heavy atom. The summed E-state index contributed by atoms with van der Waals surface area (Å²) >= 11 is 0. The molecule has 0 aliphatic carbocycles. The van der Waals surface area contributed by atoms with E-state index in [0.717, 1.165) is 16.7 Å². The summed E-state index contributed by atoms with van der Waals surface area (Å²) in [6, 6.07) is 12.4. The Kier molecular flexibility index (Phi) is 4.53. The topological polar surface area (TPSA) is 46.2 Å². The van der Waals surface area contributed by atoms with Gasteiger partial charge in [0.15, 0.2) is 0 Å². The van der Waals surface area contributed by atoms with Crippen LogP contribution in [0.3, 0.4) is 0 Å². The van der Waals surface area contributed by atoms with Gasteiger partial charge >= 0.3 is 0 Å². The summed E-state index contributed by atoms with van der Waals surface area (Å²) in [5.74, 6) is -0.774. The zero-order chi connectivity index (χ0) is 14.7. The van der Waals surface area contributed by atoms with Crippen LogP contribution in [0.4, 0.5) is 4.39 Å². The molecule has 0 aliphatic rings. The van der Waals surface area contributed by atoms with Crippen LogP contribution >= 0.6 is 0 Å². The van der Waals surface area contributed by atoms with Crippen molar-refractivity contribution in [3.05, 3.63) is 70.5 Å². The Balaban J connectivity index is 2.41. The van der Waals surface area contributed by atoms with Gasteiger partial charge in [0.1, 0.15) is 5.82 Å². The molecule has 2 unspecified atom stereocenters. The molecule has 2 nitrogen and oxygen atoms in total. The highest BCUT2D eigenvalue weighted by atomic mass is 19.1. The van der Waals surface area contributed by atoms with Crippen molar-refractivity contribution in [2.24, 2.45) is 5.73 Å². The van der Waals surface area contributed by atoms with E-state index in [0.29, 0.717) is 5.56 Å². The van der Waals surface area contributed by atoms with Crippen LogP contribution < -0.4 is 5.73 Å². The van der Waals surface area contributed by atoms with Crippen molar-refractivity contribution in [3.8, 4) is 0 Å². The zero-order valence-corrected chi connectivity index (χ0v) is 11.8. The molecule has 3 N–H and O–H groups in total. The van der Waals surface area contributed by atoms with Crippen LogP contribution in [0, 0.1) is 19.7 Å². The summed E-state index contributed by atoms with van der Waals surface area (Å²) in [5.41, 5.74) is 9.09. The molecule has 2 aromatic carbocycles. The molecule has 0 fully saturated rings. The highest BCUT2D eigenvalue weighted by Gasteiger charge is 2.25. The second kappa shape index (κ2) is 6.16. The van der Waals surface area contributed by atoms with Crippen LogP contribution in [0.15, 0.2) is 42.5 Å². The van der Waals surface area contributed by atoms with Gasteiger partial charge in [0.25, 0.3) is 0 Å². The van der Waals surface area contributed by atoms with Gasteiger partial charge in [-0.2, -0.15) is 0 Å². The molecule has 0 heterocycles. The lowest BCUT2D eigenvalue weighted by Gasteiger charge is -2.24. The minimum Gasteiger partial charge on any atom is -0.388 e. The molecule has 0 bridgehead atoms. The molecular formula is C17H20FNO. The van der Waals surface area contributed by atoms with E-state index in [1.165, 1.54) is 6.07 Å². The number of halogens is 1. The monoisotopic (exact) mass is 273 g/mol. The lowest BCUT2D eigenvalue weighted by atomic mass is 9.86. The molecule has 0 radical (unpaired) electrons. The number of hydrogen-bond donors (Lipinski definition) is 2. The minimum atomic E-state index is -0.809. The SMILES string of the molecule is Cc1ccc(C)c(C(O)C(CN)c2ccccc2F)c1. The third-order valence-corrected chi connectivity index (χ3v) is 3.69. The fraction of sp³-hybridized carbons (Fsp3) is 0.294. The lowest BCUT2D eigenvalue weighted by Crippen LogP contribution is -2.22. The van der Waals surface area contributed by atoms with Gasteiger partial charge in [0, 0.05) is 12.5 Å². The van der Waals surface area contributed by atoms with Crippen molar-refractivity contribution in [1.29, 1.82) is 0 Å². The zero-order valence-electron chi connectivity index (χ0n) is 11.8. The molecule has 20 heavy (non-hydrogen) atoms. The standard InChI is InChI=1S/C17H20FNO/c1-11-7-8-12(2)14(9-11)17(20)15(10-19)13-5-3-4-6-16(13)18/h3-9,15,17,20H,10,19H2,1-2H3. The molecule has 0 amide bonds. The number of hydrogen-bond acceptors (Lipinski definition) is 2. The quantitative estimate of drug-likeness (QED) is 0.898. The molecule has 0 aliphatic heterocycles. The van der Waals surface area contributed by atoms with Gasteiger partial charge in [-0.3, -0.25) is 0 Å². The molecule has 2 aromatic rings. The Bertz CT molecular complexity index is 597. The van der Waals surface area contributed by atoms with Crippen LogP contribution in [-0.4, -0.2) is 11.7 Å². The molecule has 3 heteroatoms. The Morgan fingerprint density at radius 1 is 1.10 bits per heavy atom. The Labute approximate surface area is 119 Å². The van der Waals surface area contributed by atoms with Gasteiger partial charge < -0.3 is 10.8 Å². The summed E-state index contributed by atoms with van der Waals surface area (Å²) in [5, 5.41) is 10.6. The fourth-order valence-corrected chi connectivity index (χ4v) is 2.50. The molecule has 106 valence electrons. The largest absolute Gasteiger partial charge is 0.388 e. The van der Waals surface area contributed by atoms with Gasteiger partial charge in [-0.1, -0.05) is 42.0 Å². The van der Waals surface area contributed by atoms with Crippen molar-refractivity contribution in [3.63, 3.8) is 0 Å². The molecule has 0 spiro atoms. The van der Waals surface area contributed by atoms with E-state index in [1.54, 1.807) is 18.2 Å². The smallest absolute Gasteiger partial charge is 0.126 e. The molecule has 2 atom stereocenters. The van der Waals surface area contributed by atoms with Crippen LogP contribution in [0.2, 0.25) is 0 Å². The van der Waals surface area contributed by atoms with Crippen LogP contribution in [0.25, 0.3) is 0 Å². The van der Waals surface area contributed by atoms with E-state index in [9.17, 15) is 9.50 Å². The maximum absolute atomic E-state index is 13.9. The maximum Gasteiger partial charge on any atom is 0.126 e. The van der Waals surface area contributed by atoms with Gasteiger partial charge in [-0.15, -0.1) is 0 Å². The molecule has 0 saturated carbocycles. The number of aliphatic hydroxyl groups is 1. The maximum atomic E-state index is 13.9. The lowest BCUT2D eigenvalue weighted by molar-refractivity contribution is 0.145. The van der Waals surface area contributed by atoms with Gasteiger partial charge in [0.2, 0.25) is 0 Å². The first kappa shape index (κ1) is 14.7. The average Bonchev–Trinajstić information content (AvgIpc) is 2.44. The van der Waals surface area contributed by atoms with E-state index < -0.39 is 12.0 Å².